The van der Waals surface area contributed by atoms with Gasteiger partial charge >= 0.3 is 18.0 Å². The summed E-state index contributed by atoms with van der Waals surface area (Å²) in [5.41, 5.74) is -6.70. The lowest BCUT2D eigenvalue weighted by molar-refractivity contribution is -0.280. The van der Waals surface area contributed by atoms with Crippen molar-refractivity contribution >= 4 is 0 Å². The Morgan fingerprint density at radius 2 is 1.39 bits per heavy atom. The normalized spacial score (nSPS) is 22.6. The molecule has 0 amide bonds. The molecule has 0 saturated heterocycles. The van der Waals surface area contributed by atoms with Gasteiger partial charge in [-0.3, -0.25) is 0 Å². The van der Waals surface area contributed by atoms with Gasteiger partial charge in [0.05, 0.1) is 29.4 Å². The zero-order valence-corrected chi connectivity index (χ0v) is 19.8. The van der Waals surface area contributed by atoms with E-state index in [-0.39, 0.29) is 19.4 Å². The van der Waals surface area contributed by atoms with Gasteiger partial charge in [0.2, 0.25) is 0 Å². The van der Waals surface area contributed by atoms with Crippen LogP contribution in [0.3, 0.4) is 0 Å². The fraction of sp³-hybridized carbons (Fsp3) is 0.538. The quantitative estimate of drug-likeness (QED) is 0.339. The molecular weight excluding hydrogens is 496 g/mol. The molecule has 2 aliphatic rings. The fourth-order valence-corrected chi connectivity index (χ4v) is 5.22. The predicted molar refractivity (Wildman–Crippen MR) is 116 cm³/mol. The summed E-state index contributed by atoms with van der Waals surface area (Å²) in [4.78, 5) is 0. The van der Waals surface area contributed by atoms with E-state index in [4.69, 9.17) is 9.47 Å². The van der Waals surface area contributed by atoms with Crippen molar-refractivity contribution in [1.29, 1.82) is 0 Å². The van der Waals surface area contributed by atoms with E-state index in [9.17, 15) is 22.0 Å². The smallest absolute Gasteiger partial charge is 0.386 e. The van der Waals surface area contributed by atoms with Gasteiger partial charge < -0.3 is 9.47 Å². The molecule has 0 heterocycles. The Balaban J connectivity index is 1.75. The molecule has 0 atom stereocenters. The number of rotatable bonds is 7. The van der Waals surface area contributed by atoms with Gasteiger partial charge in [-0.25, -0.2) is 8.78 Å². The Morgan fingerprint density at radius 3 is 1.94 bits per heavy atom. The molecule has 10 heteroatoms. The number of benzene rings is 2. The summed E-state index contributed by atoms with van der Waals surface area (Å²) in [5.74, 6) is -14.8. The maximum absolute atomic E-state index is 15.3. The van der Waals surface area contributed by atoms with Gasteiger partial charge in [-0.05, 0) is 67.9 Å². The molecule has 36 heavy (non-hydrogen) atoms. The topological polar surface area (TPSA) is 18.5 Å². The summed E-state index contributed by atoms with van der Waals surface area (Å²) in [6, 6.07) is 3.02. The third-order valence-electron chi connectivity index (χ3n) is 6.98. The highest BCUT2D eigenvalue weighted by atomic mass is 19.3. The minimum absolute atomic E-state index is 0.123. The lowest BCUT2D eigenvalue weighted by atomic mass is 9.79. The summed E-state index contributed by atoms with van der Waals surface area (Å²) in [6.07, 6.45) is -1.53. The SMILES string of the molecule is CCCC1CCC(OC(F)(F)c2ccc3c(c2F)C(F)(F)C(F)(F)c2c-3ccc(OCC)c2F)CC1. The second-order valence-electron chi connectivity index (χ2n) is 9.30. The van der Waals surface area contributed by atoms with Crippen molar-refractivity contribution in [2.45, 2.75) is 76.4 Å². The van der Waals surface area contributed by atoms with Gasteiger partial charge in [-0.2, -0.15) is 26.3 Å². The molecule has 1 fully saturated rings. The number of hydrogen-bond donors (Lipinski definition) is 0. The van der Waals surface area contributed by atoms with Crippen LogP contribution in [0.4, 0.5) is 35.1 Å². The second kappa shape index (κ2) is 9.50. The Morgan fingerprint density at radius 1 is 0.833 bits per heavy atom. The average Bonchev–Trinajstić information content (AvgIpc) is 2.80. The lowest BCUT2D eigenvalue weighted by Gasteiger charge is -2.36. The number of halogens is 8. The van der Waals surface area contributed by atoms with Crippen molar-refractivity contribution in [1.82, 2.24) is 0 Å². The molecule has 0 radical (unpaired) electrons. The lowest BCUT2D eigenvalue weighted by Crippen LogP contribution is -2.41. The van der Waals surface area contributed by atoms with E-state index < -0.39 is 69.3 Å². The first kappa shape index (κ1) is 26.7. The highest BCUT2D eigenvalue weighted by Crippen LogP contribution is 2.60. The van der Waals surface area contributed by atoms with E-state index >= 15 is 13.2 Å². The molecule has 0 N–H and O–H groups in total. The van der Waals surface area contributed by atoms with Gasteiger partial charge in [0, 0.05) is 0 Å². The maximum atomic E-state index is 15.3. The summed E-state index contributed by atoms with van der Waals surface area (Å²) >= 11 is 0. The van der Waals surface area contributed by atoms with Crippen molar-refractivity contribution in [3.63, 3.8) is 0 Å². The van der Waals surface area contributed by atoms with Crippen LogP contribution in [0.5, 0.6) is 5.75 Å². The van der Waals surface area contributed by atoms with Gasteiger partial charge in [-0.1, -0.05) is 25.8 Å². The molecule has 2 aromatic carbocycles. The summed E-state index contributed by atoms with van der Waals surface area (Å²) < 4.78 is 130. The Hall–Kier alpha value is -2.36. The van der Waals surface area contributed by atoms with Crippen LogP contribution in [0.15, 0.2) is 24.3 Å². The van der Waals surface area contributed by atoms with Crippen molar-refractivity contribution in [2.75, 3.05) is 6.61 Å². The molecule has 2 aliphatic carbocycles. The average molecular weight is 522 g/mol. The molecule has 198 valence electrons. The number of alkyl halides is 6. The summed E-state index contributed by atoms with van der Waals surface area (Å²) in [7, 11) is 0. The zero-order valence-electron chi connectivity index (χ0n) is 19.8. The van der Waals surface area contributed by atoms with Crippen molar-refractivity contribution in [2.24, 2.45) is 5.92 Å². The number of ether oxygens (including phenoxy) is 2. The zero-order chi connectivity index (χ0) is 26.5. The summed E-state index contributed by atoms with van der Waals surface area (Å²) in [5, 5.41) is 0. The van der Waals surface area contributed by atoms with Crippen LogP contribution in [0.1, 0.15) is 69.1 Å². The maximum Gasteiger partial charge on any atom is 0.386 e. The molecule has 1 saturated carbocycles. The molecule has 0 spiro atoms. The van der Waals surface area contributed by atoms with E-state index in [1.165, 1.54) is 6.92 Å². The highest BCUT2D eigenvalue weighted by Gasteiger charge is 2.66. The Kier molecular flexibility index (Phi) is 7.05. The van der Waals surface area contributed by atoms with Crippen LogP contribution >= 0.6 is 0 Å². The molecule has 0 aliphatic heterocycles. The molecule has 2 nitrogen and oxygen atoms in total. The van der Waals surface area contributed by atoms with Crippen LogP contribution in [-0.4, -0.2) is 12.7 Å². The van der Waals surface area contributed by atoms with Crippen LogP contribution in [0, 0.1) is 17.6 Å². The third-order valence-corrected chi connectivity index (χ3v) is 6.98. The minimum Gasteiger partial charge on any atom is -0.491 e. The van der Waals surface area contributed by atoms with Crippen LogP contribution in [-0.2, 0) is 22.7 Å². The highest BCUT2D eigenvalue weighted by molar-refractivity contribution is 5.77. The van der Waals surface area contributed by atoms with Crippen LogP contribution < -0.4 is 4.74 Å². The van der Waals surface area contributed by atoms with Crippen molar-refractivity contribution < 1.29 is 44.6 Å². The summed E-state index contributed by atoms with van der Waals surface area (Å²) in [6.45, 7) is 3.33. The van der Waals surface area contributed by atoms with E-state index in [2.05, 4.69) is 0 Å². The molecule has 4 rings (SSSR count). The third kappa shape index (κ3) is 4.25. The first-order chi connectivity index (χ1) is 16.9. The standard InChI is InChI=1S/C26H26F8O2/c1-3-5-14-6-8-15(9-7-14)36-26(33,34)18-12-10-16-17-11-13-19(35-4-2)23(28)21(17)25(31,32)24(29,30)20(16)22(18)27/h10-15H,3-9H2,1-2H3. The molecule has 0 unspecified atom stereocenters. The van der Waals surface area contributed by atoms with Crippen LogP contribution in [0.25, 0.3) is 11.1 Å². The van der Waals surface area contributed by atoms with Crippen LogP contribution in [0.2, 0.25) is 0 Å². The van der Waals surface area contributed by atoms with E-state index in [0.29, 0.717) is 30.9 Å². The number of fused-ring (bicyclic) bond motifs is 3. The molecule has 0 bridgehead atoms. The first-order valence-electron chi connectivity index (χ1n) is 12.0. The molecule has 2 aromatic rings. The van der Waals surface area contributed by atoms with Gasteiger partial charge in [0.1, 0.15) is 5.82 Å². The second-order valence-corrected chi connectivity index (χ2v) is 9.30. The monoisotopic (exact) mass is 522 g/mol. The predicted octanol–water partition coefficient (Wildman–Crippen LogP) is 8.65. The fourth-order valence-electron chi connectivity index (χ4n) is 5.22. The van der Waals surface area contributed by atoms with Gasteiger partial charge in [0.15, 0.2) is 11.6 Å². The van der Waals surface area contributed by atoms with Crippen molar-refractivity contribution in [3.8, 4) is 16.9 Å². The van der Waals surface area contributed by atoms with E-state index in [0.717, 1.165) is 25.0 Å². The van der Waals surface area contributed by atoms with E-state index in [1.807, 2.05) is 6.92 Å². The number of hydrogen-bond acceptors (Lipinski definition) is 2. The minimum atomic E-state index is -5.32. The Bertz CT molecular complexity index is 1120. The van der Waals surface area contributed by atoms with Gasteiger partial charge in [0.25, 0.3) is 0 Å². The van der Waals surface area contributed by atoms with Crippen molar-refractivity contribution in [3.05, 3.63) is 52.6 Å². The van der Waals surface area contributed by atoms with Gasteiger partial charge in [-0.15, -0.1) is 0 Å². The van der Waals surface area contributed by atoms with E-state index in [1.54, 1.807) is 0 Å². The molecular formula is C26H26F8O2. The Labute approximate surface area is 203 Å². The first-order valence-corrected chi connectivity index (χ1v) is 12.0. The largest absolute Gasteiger partial charge is 0.491 e. The molecule has 0 aromatic heterocycles.